The molecule has 0 spiro atoms. The zero-order chi connectivity index (χ0) is 20.4. The first kappa shape index (κ1) is 18.9. The van der Waals surface area contributed by atoms with Gasteiger partial charge < -0.3 is 5.32 Å². The van der Waals surface area contributed by atoms with E-state index in [4.69, 9.17) is 11.6 Å². The minimum atomic E-state index is -0.509. The van der Waals surface area contributed by atoms with Gasteiger partial charge in [-0.25, -0.2) is 9.67 Å². The highest BCUT2D eigenvalue weighted by Crippen LogP contribution is 2.15. The van der Waals surface area contributed by atoms with E-state index < -0.39 is 6.04 Å². The molecule has 0 aliphatic carbocycles. The summed E-state index contributed by atoms with van der Waals surface area (Å²) in [6.45, 7) is 2.25. The van der Waals surface area contributed by atoms with Gasteiger partial charge in [0.1, 0.15) is 0 Å². The SMILES string of the molecule is CC(c1cc(=O)[nH]c(NCc2ccc(Cl)cc2)n1)n1ncc2ccccc2c1=O. The van der Waals surface area contributed by atoms with Gasteiger partial charge in [-0.2, -0.15) is 5.10 Å². The molecule has 0 radical (unpaired) electrons. The van der Waals surface area contributed by atoms with Crippen molar-refractivity contribution < 1.29 is 0 Å². The van der Waals surface area contributed by atoms with Crippen molar-refractivity contribution >= 4 is 28.3 Å². The summed E-state index contributed by atoms with van der Waals surface area (Å²) in [5.41, 5.74) is 0.891. The molecule has 0 bridgehead atoms. The molecule has 0 fully saturated rings. The van der Waals surface area contributed by atoms with Gasteiger partial charge in [-0.15, -0.1) is 0 Å². The van der Waals surface area contributed by atoms with Gasteiger partial charge in [0.25, 0.3) is 11.1 Å². The second kappa shape index (κ2) is 7.89. The van der Waals surface area contributed by atoms with Crippen molar-refractivity contribution in [2.45, 2.75) is 19.5 Å². The predicted octanol–water partition coefficient (Wildman–Crippen LogP) is 3.35. The Hall–Kier alpha value is -3.45. The third kappa shape index (κ3) is 4.05. The van der Waals surface area contributed by atoms with Crippen LogP contribution in [0.4, 0.5) is 5.95 Å². The molecule has 146 valence electrons. The molecule has 8 heteroatoms. The van der Waals surface area contributed by atoms with Gasteiger partial charge in [0, 0.05) is 23.0 Å². The normalized spacial score (nSPS) is 12.1. The van der Waals surface area contributed by atoms with Crippen molar-refractivity contribution in [3.05, 3.63) is 97.8 Å². The predicted molar refractivity (Wildman–Crippen MR) is 113 cm³/mol. The number of nitrogens with zero attached hydrogens (tertiary/aromatic N) is 3. The zero-order valence-corrected chi connectivity index (χ0v) is 16.3. The molecule has 7 nitrogen and oxygen atoms in total. The van der Waals surface area contributed by atoms with Crippen molar-refractivity contribution in [3.8, 4) is 0 Å². The lowest BCUT2D eigenvalue weighted by Gasteiger charge is -2.15. The maximum absolute atomic E-state index is 12.8. The van der Waals surface area contributed by atoms with E-state index >= 15 is 0 Å². The number of aromatic amines is 1. The van der Waals surface area contributed by atoms with Crippen molar-refractivity contribution in [2.24, 2.45) is 0 Å². The van der Waals surface area contributed by atoms with E-state index in [9.17, 15) is 9.59 Å². The molecule has 0 saturated carbocycles. The molecule has 1 atom stereocenters. The Morgan fingerprint density at radius 1 is 1.14 bits per heavy atom. The molecule has 4 rings (SSSR count). The molecule has 0 saturated heterocycles. The topological polar surface area (TPSA) is 92.7 Å². The van der Waals surface area contributed by atoms with Crippen molar-refractivity contribution in [2.75, 3.05) is 5.32 Å². The van der Waals surface area contributed by atoms with Crippen molar-refractivity contribution in [3.63, 3.8) is 0 Å². The standard InChI is InChI=1S/C21H18ClN5O2/c1-13(27-20(29)17-5-3-2-4-15(17)12-24-27)18-10-19(28)26-21(25-18)23-11-14-6-8-16(22)9-7-14/h2-10,12-13H,11H2,1H3,(H2,23,25,26,28). The first-order valence-electron chi connectivity index (χ1n) is 9.07. The minimum absolute atomic E-state index is 0.228. The number of halogens is 1. The Labute approximate surface area is 171 Å². The Bertz CT molecular complexity index is 1280. The van der Waals surface area contributed by atoms with E-state index in [-0.39, 0.29) is 11.1 Å². The Morgan fingerprint density at radius 3 is 2.69 bits per heavy atom. The summed E-state index contributed by atoms with van der Waals surface area (Å²) in [5, 5.41) is 9.35. The van der Waals surface area contributed by atoms with Crippen LogP contribution in [-0.2, 0) is 6.54 Å². The Balaban J connectivity index is 1.63. The molecule has 0 aliphatic rings. The molecule has 0 aliphatic heterocycles. The van der Waals surface area contributed by atoms with Gasteiger partial charge in [0.15, 0.2) is 0 Å². The van der Waals surface area contributed by atoms with Crippen molar-refractivity contribution in [1.82, 2.24) is 19.7 Å². The highest BCUT2D eigenvalue weighted by molar-refractivity contribution is 6.30. The van der Waals surface area contributed by atoms with E-state index in [1.807, 2.05) is 30.3 Å². The lowest BCUT2D eigenvalue weighted by molar-refractivity contribution is 0.524. The summed E-state index contributed by atoms with van der Waals surface area (Å²) in [5.74, 6) is 0.322. The molecule has 2 heterocycles. The highest BCUT2D eigenvalue weighted by Gasteiger charge is 2.15. The lowest BCUT2D eigenvalue weighted by Crippen LogP contribution is -2.28. The van der Waals surface area contributed by atoms with Crippen LogP contribution in [0.15, 0.2) is 70.4 Å². The number of hydrogen-bond donors (Lipinski definition) is 2. The van der Waals surface area contributed by atoms with Gasteiger partial charge in [-0.1, -0.05) is 41.9 Å². The molecule has 29 heavy (non-hydrogen) atoms. The molecule has 2 N–H and O–H groups in total. The first-order chi connectivity index (χ1) is 14.0. The summed E-state index contributed by atoms with van der Waals surface area (Å²) in [7, 11) is 0. The van der Waals surface area contributed by atoms with Gasteiger partial charge in [0.2, 0.25) is 5.95 Å². The number of fused-ring (bicyclic) bond motifs is 1. The van der Waals surface area contributed by atoms with Crippen LogP contribution in [0, 0.1) is 0 Å². The average Bonchev–Trinajstić information content (AvgIpc) is 2.73. The fraction of sp³-hybridized carbons (Fsp3) is 0.143. The average molecular weight is 408 g/mol. The number of H-pyrrole nitrogens is 1. The maximum Gasteiger partial charge on any atom is 0.275 e. The summed E-state index contributed by atoms with van der Waals surface area (Å²) in [6.07, 6.45) is 1.64. The number of nitrogens with one attached hydrogen (secondary N) is 2. The van der Waals surface area contributed by atoms with Crippen LogP contribution in [0.5, 0.6) is 0 Å². The third-order valence-electron chi connectivity index (χ3n) is 4.65. The molecule has 1 unspecified atom stereocenters. The van der Waals surface area contributed by atoms with E-state index in [0.717, 1.165) is 10.9 Å². The number of anilines is 1. The van der Waals surface area contributed by atoms with Crippen LogP contribution in [0.2, 0.25) is 5.02 Å². The Morgan fingerprint density at radius 2 is 1.90 bits per heavy atom. The first-order valence-corrected chi connectivity index (χ1v) is 9.45. The van der Waals surface area contributed by atoms with Gasteiger partial charge in [-0.3, -0.25) is 14.6 Å². The third-order valence-corrected chi connectivity index (χ3v) is 4.90. The van der Waals surface area contributed by atoms with Crippen LogP contribution in [-0.4, -0.2) is 19.7 Å². The smallest absolute Gasteiger partial charge is 0.275 e. The van der Waals surface area contributed by atoms with Gasteiger partial charge in [0.05, 0.1) is 23.3 Å². The minimum Gasteiger partial charge on any atom is -0.352 e. The molecular weight excluding hydrogens is 390 g/mol. The summed E-state index contributed by atoms with van der Waals surface area (Å²) in [6, 6.07) is 15.5. The van der Waals surface area contributed by atoms with Gasteiger partial charge in [-0.05, 0) is 30.7 Å². The summed E-state index contributed by atoms with van der Waals surface area (Å²) in [4.78, 5) is 32.1. The molecular formula is C21H18ClN5O2. The number of benzene rings is 2. The monoisotopic (exact) mass is 407 g/mol. The van der Waals surface area contributed by atoms with E-state index in [0.29, 0.717) is 28.6 Å². The molecule has 2 aromatic heterocycles. The highest BCUT2D eigenvalue weighted by atomic mass is 35.5. The van der Waals surface area contributed by atoms with Crippen LogP contribution in [0.1, 0.15) is 24.2 Å². The van der Waals surface area contributed by atoms with E-state index in [1.54, 1.807) is 31.3 Å². The van der Waals surface area contributed by atoms with Crippen LogP contribution in [0.25, 0.3) is 10.8 Å². The van der Waals surface area contributed by atoms with E-state index in [1.165, 1.54) is 10.7 Å². The second-order valence-corrected chi connectivity index (χ2v) is 7.09. The molecule has 0 amide bonds. The van der Waals surface area contributed by atoms with E-state index in [2.05, 4.69) is 20.4 Å². The zero-order valence-electron chi connectivity index (χ0n) is 15.6. The van der Waals surface area contributed by atoms with Crippen LogP contribution >= 0.6 is 11.6 Å². The largest absolute Gasteiger partial charge is 0.352 e. The maximum atomic E-state index is 12.8. The number of rotatable bonds is 5. The molecule has 4 aromatic rings. The summed E-state index contributed by atoms with van der Waals surface area (Å²) >= 11 is 5.90. The Kier molecular flexibility index (Phi) is 5.14. The van der Waals surface area contributed by atoms with Crippen LogP contribution < -0.4 is 16.4 Å². The summed E-state index contributed by atoms with van der Waals surface area (Å²) < 4.78 is 1.34. The van der Waals surface area contributed by atoms with Crippen molar-refractivity contribution in [1.29, 1.82) is 0 Å². The molecule has 2 aromatic carbocycles. The van der Waals surface area contributed by atoms with Gasteiger partial charge >= 0.3 is 0 Å². The fourth-order valence-corrected chi connectivity index (χ4v) is 3.19. The second-order valence-electron chi connectivity index (χ2n) is 6.66. The van der Waals surface area contributed by atoms with Crippen LogP contribution in [0.3, 0.4) is 0 Å². The fourth-order valence-electron chi connectivity index (χ4n) is 3.07. The number of hydrogen-bond acceptors (Lipinski definition) is 5. The number of aromatic nitrogens is 4. The lowest BCUT2D eigenvalue weighted by atomic mass is 10.2. The quantitative estimate of drug-likeness (QED) is 0.529.